The first-order valence-electron chi connectivity index (χ1n) is 8.12. The highest BCUT2D eigenvalue weighted by atomic mass is 35.5. The third-order valence-electron chi connectivity index (χ3n) is 4.15. The van der Waals surface area contributed by atoms with Crippen molar-refractivity contribution in [3.63, 3.8) is 0 Å². The van der Waals surface area contributed by atoms with E-state index in [1.807, 2.05) is 6.07 Å². The fourth-order valence-corrected chi connectivity index (χ4v) is 3.88. The molecule has 2 aromatic heterocycles. The molecule has 0 fully saturated rings. The number of aromatic amines is 1. The van der Waals surface area contributed by atoms with E-state index in [4.69, 9.17) is 17.4 Å². The molecule has 0 saturated heterocycles. The second-order valence-electron chi connectivity index (χ2n) is 6.08. The summed E-state index contributed by atoms with van der Waals surface area (Å²) in [6.07, 6.45) is 0. The van der Waals surface area contributed by atoms with Crippen molar-refractivity contribution >= 4 is 34.9 Å². The Morgan fingerprint density at radius 1 is 1.30 bits per heavy atom. The summed E-state index contributed by atoms with van der Waals surface area (Å²) in [5.41, 5.74) is 3.09. The number of carbonyl (C=O) groups is 2. The zero-order chi connectivity index (χ0) is 19.7. The van der Waals surface area contributed by atoms with Crippen LogP contribution in [0.1, 0.15) is 39.0 Å². The molecule has 7 nitrogen and oxygen atoms in total. The standard InChI is InChI=1S/C18H18ClN5O2S/c1-9-15(11(3)25)10(2)21-16(9)14(26)8-27-18-23-22-17(24(18)20)12-5-4-6-13(19)7-12/h4-7,21H,8,20H2,1-3H3. The number of nitrogen functional groups attached to an aromatic ring is 1. The lowest BCUT2D eigenvalue weighted by atomic mass is 10.1. The molecule has 140 valence electrons. The average molecular weight is 404 g/mol. The molecule has 0 saturated carbocycles. The smallest absolute Gasteiger partial charge is 0.210 e. The Bertz CT molecular complexity index is 1040. The second-order valence-corrected chi connectivity index (χ2v) is 7.46. The minimum absolute atomic E-state index is 0.0687. The molecular formula is C18H18ClN5O2S. The number of hydrogen-bond donors (Lipinski definition) is 2. The van der Waals surface area contributed by atoms with E-state index in [0.717, 1.165) is 5.56 Å². The van der Waals surface area contributed by atoms with Gasteiger partial charge in [0.15, 0.2) is 17.4 Å². The zero-order valence-corrected chi connectivity index (χ0v) is 16.6. The molecule has 1 aromatic carbocycles. The maximum absolute atomic E-state index is 12.6. The number of carbonyl (C=O) groups excluding carboxylic acids is 2. The largest absolute Gasteiger partial charge is 0.355 e. The van der Waals surface area contributed by atoms with Crippen molar-refractivity contribution in [1.82, 2.24) is 19.9 Å². The Morgan fingerprint density at radius 2 is 2.04 bits per heavy atom. The second kappa shape index (κ2) is 7.58. The number of rotatable bonds is 6. The van der Waals surface area contributed by atoms with Crippen LogP contribution in [0.4, 0.5) is 0 Å². The molecule has 3 rings (SSSR count). The van der Waals surface area contributed by atoms with Crippen LogP contribution >= 0.6 is 23.4 Å². The van der Waals surface area contributed by atoms with Crippen LogP contribution in [0.3, 0.4) is 0 Å². The van der Waals surface area contributed by atoms with Crippen molar-refractivity contribution in [2.75, 3.05) is 11.6 Å². The number of nitrogens with zero attached hydrogens (tertiary/aromatic N) is 3. The van der Waals surface area contributed by atoms with Gasteiger partial charge in [0.1, 0.15) is 0 Å². The number of H-pyrrole nitrogens is 1. The number of ketones is 2. The molecule has 3 N–H and O–H groups in total. The van der Waals surface area contributed by atoms with Crippen molar-refractivity contribution in [3.05, 3.63) is 51.8 Å². The SMILES string of the molecule is CC(=O)c1c(C)[nH]c(C(=O)CSc2nnc(-c3cccc(Cl)c3)n2N)c1C. The summed E-state index contributed by atoms with van der Waals surface area (Å²) in [7, 11) is 0. The van der Waals surface area contributed by atoms with Gasteiger partial charge in [-0.25, -0.2) is 4.68 Å². The molecular weight excluding hydrogens is 386 g/mol. The van der Waals surface area contributed by atoms with Crippen molar-refractivity contribution in [1.29, 1.82) is 0 Å². The fraction of sp³-hybridized carbons (Fsp3) is 0.222. The molecule has 0 aliphatic rings. The van der Waals surface area contributed by atoms with Crippen molar-refractivity contribution in [2.24, 2.45) is 0 Å². The number of benzene rings is 1. The maximum atomic E-state index is 12.6. The maximum Gasteiger partial charge on any atom is 0.210 e. The topological polar surface area (TPSA) is 107 Å². The Morgan fingerprint density at radius 3 is 2.67 bits per heavy atom. The first-order valence-corrected chi connectivity index (χ1v) is 9.48. The van der Waals surface area contributed by atoms with Gasteiger partial charge in [0, 0.05) is 21.8 Å². The highest BCUT2D eigenvalue weighted by Crippen LogP contribution is 2.25. The normalized spacial score (nSPS) is 11.0. The number of thioether (sulfide) groups is 1. The molecule has 0 aliphatic carbocycles. The fourth-order valence-electron chi connectivity index (χ4n) is 2.96. The Hall–Kier alpha value is -2.58. The lowest BCUT2D eigenvalue weighted by Gasteiger charge is -2.04. The van der Waals surface area contributed by atoms with Gasteiger partial charge in [-0.2, -0.15) is 0 Å². The highest BCUT2D eigenvalue weighted by Gasteiger charge is 2.21. The molecule has 0 amide bonds. The first-order chi connectivity index (χ1) is 12.8. The lowest BCUT2D eigenvalue weighted by Crippen LogP contribution is -2.13. The van der Waals surface area contributed by atoms with Crippen molar-refractivity contribution in [2.45, 2.75) is 25.9 Å². The van der Waals surface area contributed by atoms with Gasteiger partial charge in [-0.3, -0.25) is 9.59 Å². The zero-order valence-electron chi connectivity index (χ0n) is 15.0. The first kappa shape index (κ1) is 19.2. The van der Waals surface area contributed by atoms with Gasteiger partial charge in [0.05, 0.1) is 11.4 Å². The molecule has 27 heavy (non-hydrogen) atoms. The molecule has 0 spiro atoms. The molecule has 0 bridgehead atoms. The van der Waals surface area contributed by atoms with E-state index in [0.29, 0.717) is 38.5 Å². The Kier molecular flexibility index (Phi) is 5.38. The van der Waals surface area contributed by atoms with Crippen molar-refractivity contribution < 1.29 is 9.59 Å². The predicted octanol–water partition coefficient (Wildman–Crippen LogP) is 3.43. The monoisotopic (exact) mass is 403 g/mol. The van der Waals surface area contributed by atoms with E-state index < -0.39 is 0 Å². The van der Waals surface area contributed by atoms with Crippen LogP contribution in [0.5, 0.6) is 0 Å². The van der Waals surface area contributed by atoms with E-state index >= 15 is 0 Å². The van der Waals surface area contributed by atoms with Crippen LogP contribution < -0.4 is 5.84 Å². The minimum atomic E-state index is -0.139. The number of nitrogens with two attached hydrogens (primary N) is 1. The van der Waals surface area contributed by atoms with Gasteiger partial charge < -0.3 is 10.8 Å². The number of aryl methyl sites for hydroxylation is 1. The molecule has 0 unspecified atom stereocenters. The number of aromatic nitrogens is 4. The predicted molar refractivity (Wildman–Crippen MR) is 106 cm³/mol. The minimum Gasteiger partial charge on any atom is -0.355 e. The number of hydrogen-bond acceptors (Lipinski definition) is 6. The van der Waals surface area contributed by atoms with E-state index in [9.17, 15) is 9.59 Å². The van der Waals surface area contributed by atoms with Gasteiger partial charge in [-0.1, -0.05) is 35.5 Å². The number of halogens is 1. The molecule has 0 atom stereocenters. The van der Waals surface area contributed by atoms with Crippen LogP contribution in [0, 0.1) is 13.8 Å². The number of nitrogens with one attached hydrogen (secondary N) is 1. The molecule has 2 heterocycles. The van der Waals surface area contributed by atoms with E-state index in [1.54, 1.807) is 32.0 Å². The van der Waals surface area contributed by atoms with Crippen LogP contribution in [-0.2, 0) is 0 Å². The third kappa shape index (κ3) is 3.77. The van der Waals surface area contributed by atoms with Gasteiger partial charge >= 0.3 is 0 Å². The number of Topliss-reactive ketones (excluding diaryl/α,β-unsaturated/α-hetero) is 2. The van der Waals surface area contributed by atoms with Gasteiger partial charge in [-0.05, 0) is 38.5 Å². The highest BCUT2D eigenvalue weighted by molar-refractivity contribution is 7.99. The van der Waals surface area contributed by atoms with Gasteiger partial charge in [0.2, 0.25) is 5.16 Å². The Balaban J connectivity index is 1.77. The van der Waals surface area contributed by atoms with Gasteiger partial charge in [0.25, 0.3) is 0 Å². The summed E-state index contributed by atoms with van der Waals surface area (Å²) >= 11 is 7.18. The van der Waals surface area contributed by atoms with Crippen LogP contribution in [0.2, 0.25) is 5.02 Å². The third-order valence-corrected chi connectivity index (χ3v) is 5.33. The summed E-state index contributed by atoms with van der Waals surface area (Å²) in [5.74, 6) is 6.44. The lowest BCUT2D eigenvalue weighted by molar-refractivity contribution is 0.101. The van der Waals surface area contributed by atoms with Crippen LogP contribution in [0.25, 0.3) is 11.4 Å². The summed E-state index contributed by atoms with van der Waals surface area (Å²) in [6.45, 7) is 5.03. The molecule has 9 heteroatoms. The van der Waals surface area contributed by atoms with Crippen LogP contribution in [-0.4, -0.2) is 37.2 Å². The average Bonchev–Trinajstić information content (AvgIpc) is 3.12. The van der Waals surface area contributed by atoms with Crippen LogP contribution in [0.15, 0.2) is 29.4 Å². The summed E-state index contributed by atoms with van der Waals surface area (Å²) < 4.78 is 1.33. The van der Waals surface area contributed by atoms with E-state index in [2.05, 4.69) is 15.2 Å². The summed E-state index contributed by atoms with van der Waals surface area (Å²) in [6, 6.07) is 7.12. The molecule has 0 aliphatic heterocycles. The molecule has 3 aromatic rings. The quantitative estimate of drug-likeness (QED) is 0.371. The van der Waals surface area contributed by atoms with Gasteiger partial charge in [-0.15, -0.1) is 10.2 Å². The van der Waals surface area contributed by atoms with E-state index in [-0.39, 0.29) is 17.3 Å². The Labute approximate surface area is 165 Å². The summed E-state index contributed by atoms with van der Waals surface area (Å²) in [4.78, 5) is 27.3. The van der Waals surface area contributed by atoms with Crippen molar-refractivity contribution in [3.8, 4) is 11.4 Å². The van der Waals surface area contributed by atoms with E-state index in [1.165, 1.54) is 23.4 Å². The summed E-state index contributed by atoms with van der Waals surface area (Å²) in [5, 5.41) is 9.11. The molecule has 0 radical (unpaired) electrons.